The van der Waals surface area contributed by atoms with Crippen molar-refractivity contribution in [3.05, 3.63) is 41.2 Å². The van der Waals surface area contributed by atoms with Crippen LogP contribution < -0.4 is 11.3 Å². The lowest BCUT2D eigenvalue weighted by Gasteiger charge is -2.11. The summed E-state index contributed by atoms with van der Waals surface area (Å²) >= 11 is 1.64. The average molecular weight is 260 g/mol. The molecule has 3 N–H and O–H groups in total. The highest BCUT2D eigenvalue weighted by Gasteiger charge is 2.10. The zero-order valence-corrected chi connectivity index (χ0v) is 11.5. The van der Waals surface area contributed by atoms with Gasteiger partial charge in [0.05, 0.1) is 0 Å². The van der Waals surface area contributed by atoms with E-state index in [4.69, 9.17) is 5.84 Å². The van der Waals surface area contributed by atoms with E-state index in [1.54, 1.807) is 11.8 Å². The molecular weight excluding hydrogens is 244 g/mol. The van der Waals surface area contributed by atoms with Crippen LogP contribution in [0.5, 0.6) is 0 Å². The van der Waals surface area contributed by atoms with E-state index < -0.39 is 0 Å². The van der Waals surface area contributed by atoms with E-state index in [1.165, 1.54) is 10.5 Å². The van der Waals surface area contributed by atoms with E-state index in [-0.39, 0.29) is 0 Å². The lowest BCUT2D eigenvalue weighted by molar-refractivity contribution is 0.935. The van der Waals surface area contributed by atoms with Crippen LogP contribution >= 0.6 is 11.8 Å². The predicted octanol–water partition coefficient (Wildman–Crippen LogP) is 2.84. The maximum absolute atomic E-state index is 5.46. The summed E-state index contributed by atoms with van der Waals surface area (Å²) in [5.74, 6) is 6.85. The third kappa shape index (κ3) is 2.63. The van der Waals surface area contributed by atoms with Gasteiger partial charge in [-0.25, -0.2) is 15.8 Å². The second-order valence-electron chi connectivity index (χ2n) is 4.06. The number of hydrazine groups is 1. The molecule has 0 atom stereocenters. The van der Waals surface area contributed by atoms with Crippen molar-refractivity contribution in [2.24, 2.45) is 5.84 Å². The highest BCUT2D eigenvalue weighted by atomic mass is 32.2. The van der Waals surface area contributed by atoms with Crippen LogP contribution in [0.25, 0.3) is 0 Å². The van der Waals surface area contributed by atoms with Gasteiger partial charge < -0.3 is 5.43 Å². The molecule has 0 aliphatic carbocycles. The highest BCUT2D eigenvalue weighted by Crippen LogP contribution is 2.32. The molecule has 18 heavy (non-hydrogen) atoms. The first kappa shape index (κ1) is 12.9. The SMILES string of the molecule is Cc1nc(NN)c(C)c(Sc2ccccc2C)n1. The monoisotopic (exact) mass is 260 g/mol. The van der Waals surface area contributed by atoms with E-state index in [9.17, 15) is 0 Å². The number of nitrogens with one attached hydrogen (secondary N) is 1. The van der Waals surface area contributed by atoms with Crippen LogP contribution in [0.15, 0.2) is 34.2 Å². The first-order valence-electron chi connectivity index (χ1n) is 5.67. The first-order chi connectivity index (χ1) is 8.61. The van der Waals surface area contributed by atoms with Crippen molar-refractivity contribution in [2.75, 3.05) is 5.43 Å². The van der Waals surface area contributed by atoms with Gasteiger partial charge in [0.1, 0.15) is 16.7 Å². The summed E-state index contributed by atoms with van der Waals surface area (Å²) in [4.78, 5) is 9.93. The summed E-state index contributed by atoms with van der Waals surface area (Å²) in [5, 5.41) is 0.935. The Labute approximate surface area is 111 Å². The molecule has 0 saturated heterocycles. The van der Waals surface area contributed by atoms with Gasteiger partial charge in [0.15, 0.2) is 0 Å². The molecule has 1 heterocycles. The van der Waals surface area contributed by atoms with E-state index in [0.717, 1.165) is 10.6 Å². The normalized spacial score (nSPS) is 10.4. The lowest BCUT2D eigenvalue weighted by Crippen LogP contribution is -2.12. The molecule has 1 aromatic heterocycles. The fourth-order valence-electron chi connectivity index (χ4n) is 1.62. The molecule has 2 aromatic rings. The molecule has 0 saturated carbocycles. The van der Waals surface area contributed by atoms with Gasteiger partial charge in [0.25, 0.3) is 0 Å². The lowest BCUT2D eigenvalue weighted by atomic mass is 10.2. The number of aromatic nitrogens is 2. The van der Waals surface area contributed by atoms with Crippen molar-refractivity contribution in [3.63, 3.8) is 0 Å². The van der Waals surface area contributed by atoms with Gasteiger partial charge in [-0.1, -0.05) is 30.0 Å². The summed E-state index contributed by atoms with van der Waals surface area (Å²) < 4.78 is 0. The molecule has 1 aromatic carbocycles. The molecule has 0 amide bonds. The van der Waals surface area contributed by atoms with Crippen molar-refractivity contribution < 1.29 is 0 Å². The summed E-state index contributed by atoms with van der Waals surface area (Å²) in [6.07, 6.45) is 0. The summed E-state index contributed by atoms with van der Waals surface area (Å²) in [5.41, 5.74) is 4.82. The predicted molar refractivity (Wildman–Crippen MR) is 74.6 cm³/mol. The van der Waals surface area contributed by atoms with Crippen LogP contribution in [0.3, 0.4) is 0 Å². The van der Waals surface area contributed by atoms with Gasteiger partial charge >= 0.3 is 0 Å². The van der Waals surface area contributed by atoms with Gasteiger partial charge in [-0.05, 0) is 32.4 Å². The Morgan fingerprint density at radius 2 is 1.83 bits per heavy atom. The Morgan fingerprint density at radius 1 is 1.11 bits per heavy atom. The maximum Gasteiger partial charge on any atom is 0.147 e. The number of rotatable bonds is 3. The standard InChI is InChI=1S/C13H16N4S/c1-8-6-4-5-7-11(8)18-13-9(2)12(17-14)15-10(3)16-13/h4-7H,14H2,1-3H3,(H,15,16,17). The van der Waals surface area contributed by atoms with Gasteiger partial charge in [-0.15, -0.1) is 0 Å². The van der Waals surface area contributed by atoms with Crippen LogP contribution in [0.2, 0.25) is 0 Å². The topological polar surface area (TPSA) is 63.8 Å². The molecule has 0 spiro atoms. The van der Waals surface area contributed by atoms with Crippen molar-refractivity contribution in [1.82, 2.24) is 9.97 Å². The molecule has 0 aliphatic heterocycles. The number of benzene rings is 1. The molecular formula is C13H16N4S. The van der Waals surface area contributed by atoms with E-state index in [1.807, 2.05) is 26.0 Å². The maximum atomic E-state index is 5.46. The quantitative estimate of drug-likeness (QED) is 0.505. The Bertz CT molecular complexity index is 569. The second-order valence-corrected chi connectivity index (χ2v) is 5.09. The molecule has 0 radical (unpaired) electrons. The molecule has 0 aliphatic rings. The summed E-state index contributed by atoms with van der Waals surface area (Å²) in [6, 6.07) is 8.24. The van der Waals surface area contributed by atoms with E-state index in [2.05, 4.69) is 34.5 Å². The van der Waals surface area contributed by atoms with Crippen molar-refractivity contribution in [3.8, 4) is 0 Å². The number of hydrogen-bond acceptors (Lipinski definition) is 5. The second kappa shape index (κ2) is 5.37. The molecule has 0 bridgehead atoms. The number of anilines is 1. The van der Waals surface area contributed by atoms with Gasteiger partial charge in [0, 0.05) is 10.5 Å². The van der Waals surface area contributed by atoms with Crippen LogP contribution in [0, 0.1) is 20.8 Å². The highest BCUT2D eigenvalue weighted by molar-refractivity contribution is 7.99. The van der Waals surface area contributed by atoms with Crippen molar-refractivity contribution >= 4 is 17.6 Å². The Kier molecular flexibility index (Phi) is 3.84. The molecule has 94 valence electrons. The van der Waals surface area contributed by atoms with Crippen LogP contribution in [-0.2, 0) is 0 Å². The number of nitrogen functional groups attached to an aromatic ring is 1. The minimum absolute atomic E-state index is 0.679. The Morgan fingerprint density at radius 3 is 2.50 bits per heavy atom. The number of aryl methyl sites for hydroxylation is 2. The Balaban J connectivity index is 2.40. The first-order valence-corrected chi connectivity index (χ1v) is 6.49. The fraction of sp³-hybridized carbons (Fsp3) is 0.231. The summed E-state index contributed by atoms with van der Waals surface area (Å²) in [6.45, 7) is 5.92. The largest absolute Gasteiger partial charge is 0.308 e. The number of nitrogens with zero attached hydrogens (tertiary/aromatic N) is 2. The Hall–Kier alpha value is -1.59. The fourth-order valence-corrected chi connectivity index (χ4v) is 2.63. The van der Waals surface area contributed by atoms with Gasteiger partial charge in [-0.3, -0.25) is 0 Å². The van der Waals surface area contributed by atoms with Gasteiger partial charge in [-0.2, -0.15) is 0 Å². The van der Waals surface area contributed by atoms with E-state index in [0.29, 0.717) is 11.6 Å². The van der Waals surface area contributed by atoms with Crippen LogP contribution in [0.1, 0.15) is 17.0 Å². The third-order valence-corrected chi connectivity index (χ3v) is 3.92. The van der Waals surface area contributed by atoms with E-state index >= 15 is 0 Å². The molecule has 0 unspecified atom stereocenters. The minimum Gasteiger partial charge on any atom is -0.308 e. The number of nitrogens with two attached hydrogens (primary N) is 1. The molecule has 4 nitrogen and oxygen atoms in total. The molecule has 2 rings (SSSR count). The zero-order chi connectivity index (χ0) is 13.1. The van der Waals surface area contributed by atoms with Crippen molar-refractivity contribution in [2.45, 2.75) is 30.7 Å². The zero-order valence-electron chi connectivity index (χ0n) is 10.7. The van der Waals surface area contributed by atoms with Crippen LogP contribution in [-0.4, -0.2) is 9.97 Å². The molecule has 0 fully saturated rings. The van der Waals surface area contributed by atoms with Crippen molar-refractivity contribution in [1.29, 1.82) is 0 Å². The summed E-state index contributed by atoms with van der Waals surface area (Å²) in [7, 11) is 0. The van der Waals surface area contributed by atoms with Crippen LogP contribution in [0.4, 0.5) is 5.82 Å². The average Bonchev–Trinajstić information content (AvgIpc) is 2.36. The third-order valence-electron chi connectivity index (χ3n) is 2.65. The molecule has 5 heteroatoms. The minimum atomic E-state index is 0.679. The van der Waals surface area contributed by atoms with Gasteiger partial charge in [0.2, 0.25) is 0 Å². The number of hydrogen-bond donors (Lipinski definition) is 2. The smallest absolute Gasteiger partial charge is 0.147 e.